The molecule has 2 rings (SSSR count). The van der Waals surface area contributed by atoms with Crippen molar-refractivity contribution in [2.45, 2.75) is 26.9 Å². The van der Waals surface area contributed by atoms with Crippen LogP contribution in [0.15, 0.2) is 16.7 Å². The lowest BCUT2D eigenvalue weighted by molar-refractivity contribution is -0.141. The van der Waals surface area contributed by atoms with Crippen LogP contribution in [0.3, 0.4) is 0 Å². The number of rotatable bonds is 0. The van der Waals surface area contributed by atoms with E-state index in [-0.39, 0.29) is 11.1 Å². The Morgan fingerprint density at radius 1 is 1.25 bits per heavy atom. The lowest BCUT2D eigenvalue weighted by atomic mass is 10.3. The topological polar surface area (TPSA) is 38.9 Å². The summed E-state index contributed by atoms with van der Waals surface area (Å²) in [6.45, 7) is 5.56. The summed E-state index contributed by atoms with van der Waals surface area (Å²) >= 11 is 0. The number of fused-ring (bicyclic) bond motifs is 1. The Morgan fingerprint density at radius 3 is 2.44 bits per heavy atom. The summed E-state index contributed by atoms with van der Waals surface area (Å²) in [5, 5.41) is 0. The van der Waals surface area contributed by atoms with Gasteiger partial charge in [-0.15, -0.1) is 0 Å². The minimum Gasteiger partial charge on any atom is -0.439 e. The monoisotopic (exact) mass is 232 g/mol. The molecule has 0 amide bonds. The van der Waals surface area contributed by atoms with Crippen molar-refractivity contribution in [1.82, 2.24) is 9.97 Å². The molecule has 6 heteroatoms. The molecule has 0 radical (unpaired) electrons. The number of hydrogen-bond acceptors (Lipinski definition) is 3. The smallest absolute Gasteiger partial charge is 0.433 e. The fourth-order valence-corrected chi connectivity index (χ4v) is 1.10. The van der Waals surface area contributed by atoms with Crippen molar-refractivity contribution in [2.24, 2.45) is 0 Å². The molecule has 0 saturated carbocycles. The number of halogens is 3. The first-order chi connectivity index (χ1) is 7.47. The first kappa shape index (κ1) is 12.5. The van der Waals surface area contributed by atoms with Crippen molar-refractivity contribution in [2.75, 3.05) is 0 Å². The van der Waals surface area contributed by atoms with Crippen LogP contribution in [0.2, 0.25) is 0 Å². The number of pyridine rings is 1. The van der Waals surface area contributed by atoms with Gasteiger partial charge in [-0.05, 0) is 6.07 Å². The normalized spacial score (nSPS) is 11.1. The zero-order valence-corrected chi connectivity index (χ0v) is 9.09. The maximum absolute atomic E-state index is 12.2. The second-order valence-electron chi connectivity index (χ2n) is 2.77. The average molecular weight is 232 g/mol. The lowest BCUT2D eigenvalue weighted by Gasteiger charge is -2.03. The minimum absolute atomic E-state index is 0.171. The highest BCUT2D eigenvalue weighted by Gasteiger charge is 2.32. The number of hydrogen-bond donors (Lipinski definition) is 0. The maximum Gasteiger partial charge on any atom is 0.433 e. The number of nitrogens with zero attached hydrogens (tertiary/aromatic N) is 2. The van der Waals surface area contributed by atoms with Crippen LogP contribution in [-0.4, -0.2) is 9.97 Å². The molecule has 88 valence electrons. The van der Waals surface area contributed by atoms with Gasteiger partial charge in [0, 0.05) is 6.92 Å². The van der Waals surface area contributed by atoms with Gasteiger partial charge in [0.15, 0.2) is 11.5 Å². The molecule has 0 aliphatic carbocycles. The van der Waals surface area contributed by atoms with Gasteiger partial charge in [0.05, 0.1) is 6.20 Å². The molecule has 2 heterocycles. The summed E-state index contributed by atoms with van der Waals surface area (Å²) in [6.07, 6.45) is -3.42. The van der Waals surface area contributed by atoms with E-state index in [1.165, 1.54) is 0 Å². The number of alkyl halides is 3. The average Bonchev–Trinajstić information content (AvgIpc) is 2.58. The quantitative estimate of drug-likeness (QED) is 0.696. The van der Waals surface area contributed by atoms with E-state index < -0.39 is 11.9 Å². The van der Waals surface area contributed by atoms with Gasteiger partial charge in [-0.1, -0.05) is 13.8 Å². The van der Waals surface area contributed by atoms with Crippen molar-refractivity contribution in [1.29, 1.82) is 0 Å². The fraction of sp³-hybridized carbons (Fsp3) is 0.400. The van der Waals surface area contributed by atoms with Crippen molar-refractivity contribution >= 4 is 11.1 Å². The van der Waals surface area contributed by atoms with Crippen LogP contribution in [0, 0.1) is 6.92 Å². The molecular weight excluding hydrogens is 221 g/mol. The molecule has 0 unspecified atom stereocenters. The predicted molar refractivity (Wildman–Crippen MR) is 52.9 cm³/mol. The molecule has 0 fully saturated rings. The van der Waals surface area contributed by atoms with Gasteiger partial charge in [0.25, 0.3) is 0 Å². The Morgan fingerprint density at radius 2 is 1.88 bits per heavy atom. The molecule has 2 aromatic heterocycles. The largest absolute Gasteiger partial charge is 0.439 e. The van der Waals surface area contributed by atoms with Gasteiger partial charge < -0.3 is 4.42 Å². The minimum atomic E-state index is -4.44. The van der Waals surface area contributed by atoms with E-state index in [0.717, 1.165) is 12.3 Å². The lowest BCUT2D eigenvalue weighted by Crippen LogP contribution is -2.07. The van der Waals surface area contributed by atoms with Gasteiger partial charge >= 0.3 is 6.18 Å². The summed E-state index contributed by atoms with van der Waals surface area (Å²) in [5.41, 5.74) is -0.529. The molecule has 0 saturated heterocycles. The zero-order valence-electron chi connectivity index (χ0n) is 9.09. The van der Waals surface area contributed by atoms with E-state index in [4.69, 9.17) is 4.42 Å². The molecule has 0 aliphatic rings. The molecule has 3 nitrogen and oxygen atoms in total. The molecule has 0 spiro atoms. The first-order valence-electron chi connectivity index (χ1n) is 4.77. The molecule has 0 aromatic carbocycles. The number of oxazole rings is 1. The van der Waals surface area contributed by atoms with Crippen molar-refractivity contribution in [3.8, 4) is 0 Å². The number of aromatic nitrogens is 2. The third-order valence-corrected chi connectivity index (χ3v) is 1.67. The van der Waals surface area contributed by atoms with Crippen LogP contribution in [0.1, 0.15) is 25.4 Å². The Bertz CT molecular complexity index is 476. The van der Waals surface area contributed by atoms with E-state index in [0.29, 0.717) is 5.89 Å². The van der Waals surface area contributed by atoms with Gasteiger partial charge in [-0.3, -0.25) is 0 Å². The molecule has 2 aromatic rings. The van der Waals surface area contributed by atoms with Gasteiger partial charge in [0.1, 0.15) is 11.2 Å². The molecule has 16 heavy (non-hydrogen) atoms. The summed E-state index contributed by atoms with van der Waals surface area (Å²) in [7, 11) is 0. The van der Waals surface area contributed by atoms with Crippen LogP contribution < -0.4 is 0 Å². The Kier molecular flexibility index (Phi) is 3.51. The second kappa shape index (κ2) is 4.51. The van der Waals surface area contributed by atoms with Crippen LogP contribution in [0.5, 0.6) is 0 Å². The van der Waals surface area contributed by atoms with Crippen LogP contribution in [0.25, 0.3) is 11.1 Å². The van der Waals surface area contributed by atoms with E-state index in [1.54, 1.807) is 6.92 Å². The third-order valence-electron chi connectivity index (χ3n) is 1.67. The standard InChI is InChI=1S/C8H5F3N2O.C2H6/c1-4-13-5-2-7(8(9,10)11)12-3-6(5)14-4;1-2/h2-3H,1H3;1-2H3. The first-order valence-corrected chi connectivity index (χ1v) is 4.77. The van der Waals surface area contributed by atoms with E-state index >= 15 is 0 Å². The highest BCUT2D eigenvalue weighted by Crippen LogP contribution is 2.29. The van der Waals surface area contributed by atoms with Crippen LogP contribution >= 0.6 is 0 Å². The highest BCUT2D eigenvalue weighted by molar-refractivity contribution is 5.71. The van der Waals surface area contributed by atoms with Gasteiger partial charge in [-0.2, -0.15) is 13.2 Å². The van der Waals surface area contributed by atoms with Gasteiger partial charge in [0.2, 0.25) is 0 Å². The SMILES string of the molecule is CC.Cc1nc2cc(C(F)(F)F)ncc2o1. The molecule has 0 bridgehead atoms. The second-order valence-corrected chi connectivity index (χ2v) is 2.77. The zero-order chi connectivity index (χ0) is 12.3. The molecule has 0 aliphatic heterocycles. The van der Waals surface area contributed by atoms with Crippen molar-refractivity contribution in [3.63, 3.8) is 0 Å². The van der Waals surface area contributed by atoms with E-state index in [2.05, 4.69) is 9.97 Å². The van der Waals surface area contributed by atoms with Gasteiger partial charge in [-0.25, -0.2) is 9.97 Å². The Labute approximate surface area is 90.3 Å². The summed E-state index contributed by atoms with van der Waals surface area (Å²) in [6, 6.07) is 0.867. The molecule has 0 N–H and O–H groups in total. The Balaban J connectivity index is 0.000000606. The van der Waals surface area contributed by atoms with E-state index in [1.807, 2.05) is 13.8 Å². The summed E-state index contributed by atoms with van der Waals surface area (Å²) in [4.78, 5) is 7.01. The third kappa shape index (κ3) is 2.50. The molecule has 0 atom stereocenters. The predicted octanol–water partition coefficient (Wildman–Crippen LogP) is 3.58. The maximum atomic E-state index is 12.2. The number of aryl methyl sites for hydroxylation is 1. The fourth-order valence-electron chi connectivity index (χ4n) is 1.10. The van der Waals surface area contributed by atoms with Crippen molar-refractivity contribution in [3.05, 3.63) is 23.8 Å². The summed E-state index contributed by atoms with van der Waals surface area (Å²) in [5.74, 6) is 0.320. The van der Waals surface area contributed by atoms with Crippen molar-refractivity contribution < 1.29 is 17.6 Å². The van der Waals surface area contributed by atoms with Crippen LogP contribution in [0.4, 0.5) is 13.2 Å². The highest BCUT2D eigenvalue weighted by atomic mass is 19.4. The summed E-state index contributed by atoms with van der Waals surface area (Å²) < 4.78 is 41.6. The Hall–Kier alpha value is -1.59. The van der Waals surface area contributed by atoms with E-state index in [9.17, 15) is 13.2 Å². The van der Waals surface area contributed by atoms with Crippen LogP contribution in [-0.2, 0) is 6.18 Å². The molecular formula is C10H11F3N2O.